The first kappa shape index (κ1) is 13.9. The molecule has 4 heteroatoms. The van der Waals surface area contributed by atoms with Crippen molar-refractivity contribution in [2.24, 2.45) is 0 Å². The third kappa shape index (κ3) is 3.47. The van der Waals surface area contributed by atoms with Gasteiger partial charge in [-0.05, 0) is 26.0 Å². The fourth-order valence-electron chi connectivity index (χ4n) is 2.53. The zero-order valence-corrected chi connectivity index (χ0v) is 11.7. The minimum absolute atomic E-state index is 0.239. The minimum Gasteiger partial charge on any atom is -0.496 e. The Labute approximate surface area is 114 Å². The van der Waals surface area contributed by atoms with Crippen LogP contribution in [-0.4, -0.2) is 37.6 Å². The van der Waals surface area contributed by atoms with E-state index in [1.165, 1.54) is 0 Å². The van der Waals surface area contributed by atoms with Crippen molar-refractivity contribution in [1.29, 1.82) is 0 Å². The summed E-state index contributed by atoms with van der Waals surface area (Å²) in [5.74, 6) is 1.09. The summed E-state index contributed by atoms with van der Waals surface area (Å²) in [6.45, 7) is 1.45. The molecular formula is C15H22N2O2. The fraction of sp³-hybridized carbons (Fsp3) is 0.533. The number of carbonyl (C=O) groups is 1. The number of nitrogens with zero attached hydrogens (tertiary/aromatic N) is 1. The monoisotopic (exact) mass is 262 g/mol. The summed E-state index contributed by atoms with van der Waals surface area (Å²) in [7, 11) is 3.63. The lowest BCUT2D eigenvalue weighted by Gasteiger charge is -2.22. The van der Waals surface area contributed by atoms with Gasteiger partial charge in [-0.1, -0.05) is 18.2 Å². The Balaban J connectivity index is 2.07. The quantitative estimate of drug-likeness (QED) is 0.899. The average Bonchev–Trinajstić information content (AvgIpc) is 2.62. The van der Waals surface area contributed by atoms with Gasteiger partial charge >= 0.3 is 0 Å². The Hall–Kier alpha value is -1.55. The molecule has 1 aliphatic rings. The predicted molar refractivity (Wildman–Crippen MR) is 75.1 cm³/mol. The van der Waals surface area contributed by atoms with E-state index in [0.29, 0.717) is 19.0 Å². The number of ether oxygens (including phenoxy) is 1. The van der Waals surface area contributed by atoms with Gasteiger partial charge in [0.05, 0.1) is 7.11 Å². The lowest BCUT2D eigenvalue weighted by molar-refractivity contribution is -0.131. The summed E-state index contributed by atoms with van der Waals surface area (Å²) in [5, 5.41) is 3.27. The van der Waals surface area contributed by atoms with Gasteiger partial charge in [-0.2, -0.15) is 0 Å². The molecule has 4 nitrogen and oxygen atoms in total. The third-order valence-corrected chi connectivity index (χ3v) is 3.77. The predicted octanol–water partition coefficient (Wildman–Crippen LogP) is 1.80. The molecule has 0 aromatic heterocycles. The van der Waals surface area contributed by atoms with Gasteiger partial charge in [0.25, 0.3) is 0 Å². The van der Waals surface area contributed by atoms with Crippen LogP contribution in [0.2, 0.25) is 0 Å². The Morgan fingerprint density at radius 2 is 2.16 bits per heavy atom. The summed E-state index contributed by atoms with van der Waals surface area (Å²) in [4.78, 5) is 14.1. The smallest absolute Gasteiger partial charge is 0.222 e. The van der Waals surface area contributed by atoms with Crippen molar-refractivity contribution in [3.05, 3.63) is 29.8 Å². The van der Waals surface area contributed by atoms with E-state index in [4.69, 9.17) is 4.74 Å². The zero-order chi connectivity index (χ0) is 13.7. The van der Waals surface area contributed by atoms with Gasteiger partial charge in [0, 0.05) is 31.1 Å². The van der Waals surface area contributed by atoms with Crippen LogP contribution < -0.4 is 10.1 Å². The Morgan fingerprint density at radius 1 is 1.37 bits per heavy atom. The number of nitrogens with one attached hydrogen (secondary N) is 1. The number of hydrogen-bond acceptors (Lipinski definition) is 3. The number of carbonyl (C=O) groups excluding carboxylic acids is 1. The molecular weight excluding hydrogens is 240 g/mol. The van der Waals surface area contributed by atoms with E-state index >= 15 is 0 Å². The van der Waals surface area contributed by atoms with E-state index < -0.39 is 0 Å². The first-order valence-corrected chi connectivity index (χ1v) is 6.81. The molecule has 0 bridgehead atoms. The van der Waals surface area contributed by atoms with Crippen LogP contribution in [0.1, 0.15) is 24.8 Å². The summed E-state index contributed by atoms with van der Waals surface area (Å²) in [6, 6.07) is 8.34. The van der Waals surface area contributed by atoms with Crippen molar-refractivity contribution < 1.29 is 9.53 Å². The number of likely N-dealkylation sites (tertiary alicyclic amines) is 1. The van der Waals surface area contributed by atoms with E-state index in [0.717, 1.165) is 30.7 Å². The summed E-state index contributed by atoms with van der Waals surface area (Å²) in [6.07, 6.45) is 2.57. The van der Waals surface area contributed by atoms with Gasteiger partial charge in [-0.25, -0.2) is 0 Å². The fourth-order valence-corrected chi connectivity index (χ4v) is 2.53. The molecule has 1 heterocycles. The number of hydrogen-bond donors (Lipinski definition) is 1. The van der Waals surface area contributed by atoms with Crippen molar-refractivity contribution in [3.63, 3.8) is 0 Å². The lowest BCUT2D eigenvalue weighted by Crippen LogP contribution is -2.31. The molecule has 0 spiro atoms. The maximum absolute atomic E-state index is 12.1. The molecule has 0 saturated carbocycles. The Kier molecular flexibility index (Phi) is 4.80. The van der Waals surface area contributed by atoms with Gasteiger partial charge in [-0.15, -0.1) is 0 Å². The molecule has 1 amide bonds. The van der Waals surface area contributed by atoms with E-state index in [-0.39, 0.29) is 5.91 Å². The number of benzene rings is 1. The van der Waals surface area contributed by atoms with Crippen LogP contribution >= 0.6 is 0 Å². The largest absolute Gasteiger partial charge is 0.496 e. The minimum atomic E-state index is 0.239. The number of rotatable bonds is 4. The maximum Gasteiger partial charge on any atom is 0.222 e. The highest BCUT2D eigenvalue weighted by molar-refractivity contribution is 5.76. The molecule has 19 heavy (non-hydrogen) atoms. The normalized spacial score (nSPS) is 20.2. The first-order chi connectivity index (χ1) is 9.24. The highest BCUT2D eigenvalue weighted by Gasteiger charge is 2.22. The second-order valence-corrected chi connectivity index (χ2v) is 4.94. The molecule has 104 valence electrons. The molecule has 2 rings (SSSR count). The van der Waals surface area contributed by atoms with E-state index in [1.54, 1.807) is 7.11 Å². The van der Waals surface area contributed by atoms with Gasteiger partial charge in [0.1, 0.15) is 5.75 Å². The second-order valence-electron chi connectivity index (χ2n) is 4.94. The van der Waals surface area contributed by atoms with E-state index in [9.17, 15) is 4.79 Å². The molecule has 1 saturated heterocycles. The molecule has 1 N–H and O–H groups in total. The molecule has 1 fully saturated rings. The Morgan fingerprint density at radius 3 is 2.89 bits per heavy atom. The van der Waals surface area contributed by atoms with Crippen molar-refractivity contribution in [2.45, 2.75) is 31.8 Å². The second kappa shape index (κ2) is 6.57. The average molecular weight is 262 g/mol. The van der Waals surface area contributed by atoms with E-state index in [2.05, 4.69) is 5.32 Å². The van der Waals surface area contributed by atoms with Crippen LogP contribution in [0.4, 0.5) is 0 Å². The Bertz CT molecular complexity index is 434. The SMILES string of the molecule is CNC1CCC(=O)N(Cc2ccccc2OC)CC1. The highest BCUT2D eigenvalue weighted by Crippen LogP contribution is 2.21. The van der Waals surface area contributed by atoms with Gasteiger partial charge in [-0.3, -0.25) is 4.79 Å². The van der Waals surface area contributed by atoms with Crippen LogP contribution in [0.15, 0.2) is 24.3 Å². The molecule has 1 atom stereocenters. The van der Waals surface area contributed by atoms with E-state index in [1.807, 2.05) is 36.2 Å². The highest BCUT2D eigenvalue weighted by atomic mass is 16.5. The molecule has 1 unspecified atom stereocenters. The molecule has 0 aliphatic carbocycles. The van der Waals surface area contributed by atoms with Gasteiger partial charge in [0.2, 0.25) is 5.91 Å². The van der Waals surface area contributed by atoms with Gasteiger partial charge in [0.15, 0.2) is 0 Å². The summed E-state index contributed by atoms with van der Waals surface area (Å²) in [5.41, 5.74) is 1.07. The summed E-state index contributed by atoms with van der Waals surface area (Å²) >= 11 is 0. The standard InChI is InChI=1S/C15H22N2O2/c1-16-13-7-8-15(18)17(10-9-13)11-12-5-3-4-6-14(12)19-2/h3-6,13,16H,7-11H2,1-2H3. The van der Waals surface area contributed by atoms with Crippen molar-refractivity contribution in [1.82, 2.24) is 10.2 Å². The van der Waals surface area contributed by atoms with Crippen LogP contribution in [0.25, 0.3) is 0 Å². The number of methoxy groups -OCH3 is 1. The maximum atomic E-state index is 12.1. The summed E-state index contributed by atoms with van der Waals surface area (Å²) < 4.78 is 5.35. The molecule has 1 aromatic rings. The number of para-hydroxylation sites is 1. The van der Waals surface area contributed by atoms with Crippen LogP contribution in [0, 0.1) is 0 Å². The lowest BCUT2D eigenvalue weighted by atomic mass is 10.1. The topological polar surface area (TPSA) is 41.6 Å². The van der Waals surface area contributed by atoms with Crippen LogP contribution in [-0.2, 0) is 11.3 Å². The molecule has 1 aliphatic heterocycles. The molecule has 1 aromatic carbocycles. The van der Waals surface area contributed by atoms with Crippen LogP contribution in [0.3, 0.4) is 0 Å². The van der Waals surface area contributed by atoms with Crippen molar-refractivity contribution >= 4 is 5.91 Å². The van der Waals surface area contributed by atoms with Crippen molar-refractivity contribution in [3.8, 4) is 5.75 Å². The zero-order valence-electron chi connectivity index (χ0n) is 11.7. The molecule has 0 radical (unpaired) electrons. The third-order valence-electron chi connectivity index (χ3n) is 3.77. The number of amides is 1. The van der Waals surface area contributed by atoms with Gasteiger partial charge < -0.3 is 15.0 Å². The van der Waals surface area contributed by atoms with Crippen molar-refractivity contribution in [2.75, 3.05) is 20.7 Å². The van der Waals surface area contributed by atoms with Crippen LogP contribution in [0.5, 0.6) is 5.75 Å². The first-order valence-electron chi connectivity index (χ1n) is 6.81.